The first-order valence-electron chi connectivity index (χ1n) is 11.0. The predicted molar refractivity (Wildman–Crippen MR) is 117 cm³/mol. The predicted octanol–water partition coefficient (Wildman–Crippen LogP) is 3.50. The fourth-order valence-electron chi connectivity index (χ4n) is 4.06. The Morgan fingerprint density at radius 1 is 1.23 bits per heavy atom. The summed E-state index contributed by atoms with van der Waals surface area (Å²) in [6.07, 6.45) is 6.91. The molecule has 7 nitrogen and oxygen atoms in total. The van der Waals surface area contributed by atoms with Gasteiger partial charge in [-0.05, 0) is 37.3 Å². The molecule has 0 aliphatic carbocycles. The molecular formula is C23H33N5O2. The molecule has 7 heteroatoms. The summed E-state index contributed by atoms with van der Waals surface area (Å²) in [5.41, 5.74) is 1.50. The van der Waals surface area contributed by atoms with Gasteiger partial charge >= 0.3 is 0 Å². The van der Waals surface area contributed by atoms with Crippen LogP contribution in [0.1, 0.15) is 68.4 Å². The highest BCUT2D eigenvalue weighted by Gasteiger charge is 2.31. The van der Waals surface area contributed by atoms with E-state index in [4.69, 9.17) is 0 Å². The summed E-state index contributed by atoms with van der Waals surface area (Å²) < 4.78 is 1.76. The van der Waals surface area contributed by atoms with Crippen molar-refractivity contribution < 1.29 is 9.59 Å². The number of nitrogens with zero attached hydrogens (tertiary/aromatic N) is 5. The van der Waals surface area contributed by atoms with E-state index in [-0.39, 0.29) is 23.7 Å². The minimum Gasteiger partial charge on any atom is -0.346 e. The first-order valence-corrected chi connectivity index (χ1v) is 11.0. The standard InChI is InChI=1S/C23H33N5O2/c1-5-6-13-26(4)22(29)18-10-14-27(15-11-18)23(30)19-16-25-28(21(19)17(2)3)20-9-7-8-12-24-20/h7-9,12,16-18H,5-6,10-11,13-15H2,1-4H3. The molecule has 0 saturated carbocycles. The minimum absolute atomic E-state index is 0.00822. The number of aromatic nitrogens is 3. The highest BCUT2D eigenvalue weighted by Crippen LogP contribution is 2.26. The summed E-state index contributed by atoms with van der Waals surface area (Å²) in [6.45, 7) is 8.25. The van der Waals surface area contributed by atoms with Gasteiger partial charge in [0.1, 0.15) is 0 Å². The Hall–Kier alpha value is -2.70. The van der Waals surface area contributed by atoms with E-state index >= 15 is 0 Å². The van der Waals surface area contributed by atoms with Crippen LogP contribution in [0.15, 0.2) is 30.6 Å². The fraction of sp³-hybridized carbons (Fsp3) is 0.565. The third-order valence-corrected chi connectivity index (χ3v) is 5.80. The van der Waals surface area contributed by atoms with Crippen molar-refractivity contribution in [2.24, 2.45) is 5.92 Å². The second-order valence-corrected chi connectivity index (χ2v) is 8.38. The number of likely N-dealkylation sites (tertiary alicyclic amines) is 1. The van der Waals surface area contributed by atoms with Crippen LogP contribution in [-0.2, 0) is 4.79 Å². The lowest BCUT2D eigenvalue weighted by Crippen LogP contribution is -2.43. The number of hydrogen-bond acceptors (Lipinski definition) is 4. The van der Waals surface area contributed by atoms with Crippen molar-refractivity contribution in [2.75, 3.05) is 26.7 Å². The van der Waals surface area contributed by atoms with E-state index < -0.39 is 0 Å². The molecule has 1 fully saturated rings. The zero-order chi connectivity index (χ0) is 21.7. The van der Waals surface area contributed by atoms with Gasteiger partial charge in [-0.15, -0.1) is 0 Å². The van der Waals surface area contributed by atoms with E-state index in [1.165, 1.54) is 0 Å². The van der Waals surface area contributed by atoms with Crippen LogP contribution in [0.3, 0.4) is 0 Å². The second kappa shape index (κ2) is 9.87. The van der Waals surface area contributed by atoms with Gasteiger partial charge in [0.05, 0.1) is 17.5 Å². The smallest absolute Gasteiger partial charge is 0.257 e. The molecule has 1 aliphatic rings. The number of carbonyl (C=O) groups is 2. The third-order valence-electron chi connectivity index (χ3n) is 5.80. The summed E-state index contributed by atoms with van der Waals surface area (Å²) in [7, 11) is 1.89. The number of rotatable bonds is 7. The molecule has 0 aromatic carbocycles. The maximum Gasteiger partial charge on any atom is 0.257 e. The van der Waals surface area contributed by atoms with Crippen LogP contribution in [0.25, 0.3) is 5.82 Å². The second-order valence-electron chi connectivity index (χ2n) is 8.38. The summed E-state index contributed by atoms with van der Waals surface area (Å²) in [6, 6.07) is 5.66. The summed E-state index contributed by atoms with van der Waals surface area (Å²) in [5, 5.41) is 4.46. The van der Waals surface area contributed by atoms with E-state index in [1.54, 1.807) is 17.1 Å². The maximum atomic E-state index is 13.3. The molecule has 0 N–H and O–H groups in total. The van der Waals surface area contributed by atoms with Gasteiger partial charge in [0.25, 0.3) is 5.91 Å². The molecule has 162 valence electrons. The Kier molecular flexibility index (Phi) is 7.24. The zero-order valence-corrected chi connectivity index (χ0v) is 18.5. The normalized spacial score (nSPS) is 14.9. The highest BCUT2D eigenvalue weighted by molar-refractivity contribution is 5.95. The molecule has 1 aliphatic heterocycles. The largest absolute Gasteiger partial charge is 0.346 e. The minimum atomic E-state index is -0.00822. The van der Waals surface area contributed by atoms with Crippen molar-refractivity contribution in [3.05, 3.63) is 41.9 Å². The van der Waals surface area contributed by atoms with Crippen molar-refractivity contribution in [2.45, 2.75) is 52.4 Å². The van der Waals surface area contributed by atoms with Crippen molar-refractivity contribution in [3.63, 3.8) is 0 Å². The lowest BCUT2D eigenvalue weighted by molar-refractivity contribution is -0.135. The topological polar surface area (TPSA) is 71.3 Å². The Labute approximate surface area is 179 Å². The number of unbranched alkanes of at least 4 members (excludes halogenated alkanes) is 1. The van der Waals surface area contributed by atoms with Crippen LogP contribution in [0.4, 0.5) is 0 Å². The van der Waals surface area contributed by atoms with Crippen LogP contribution in [0.5, 0.6) is 0 Å². The Morgan fingerprint density at radius 3 is 2.57 bits per heavy atom. The van der Waals surface area contributed by atoms with Crippen molar-refractivity contribution in [3.8, 4) is 5.82 Å². The molecule has 2 aromatic heterocycles. The van der Waals surface area contributed by atoms with E-state index in [2.05, 4.69) is 30.9 Å². The van der Waals surface area contributed by atoms with Crippen molar-refractivity contribution >= 4 is 11.8 Å². The van der Waals surface area contributed by atoms with E-state index in [1.807, 2.05) is 35.0 Å². The lowest BCUT2D eigenvalue weighted by Gasteiger charge is -2.33. The number of carbonyl (C=O) groups excluding carboxylic acids is 2. The van der Waals surface area contributed by atoms with Gasteiger partial charge in [-0.1, -0.05) is 33.3 Å². The molecule has 0 bridgehead atoms. The molecule has 3 heterocycles. The monoisotopic (exact) mass is 411 g/mol. The molecular weight excluding hydrogens is 378 g/mol. The summed E-state index contributed by atoms with van der Waals surface area (Å²) in [4.78, 5) is 34.0. The molecule has 2 aromatic rings. The van der Waals surface area contributed by atoms with Crippen LogP contribution in [0, 0.1) is 5.92 Å². The Morgan fingerprint density at radius 2 is 1.97 bits per heavy atom. The highest BCUT2D eigenvalue weighted by atomic mass is 16.2. The Balaban J connectivity index is 1.70. The average Bonchev–Trinajstić information content (AvgIpc) is 3.22. The van der Waals surface area contributed by atoms with E-state index in [9.17, 15) is 9.59 Å². The van der Waals surface area contributed by atoms with Crippen LogP contribution >= 0.6 is 0 Å². The van der Waals surface area contributed by atoms with Crippen LogP contribution in [0.2, 0.25) is 0 Å². The summed E-state index contributed by atoms with van der Waals surface area (Å²) >= 11 is 0. The van der Waals surface area contributed by atoms with Crippen LogP contribution < -0.4 is 0 Å². The Bertz CT molecular complexity index is 854. The number of piperidine rings is 1. The quantitative estimate of drug-likeness (QED) is 0.699. The van der Waals surface area contributed by atoms with Gasteiger partial charge in [-0.3, -0.25) is 9.59 Å². The molecule has 0 radical (unpaired) electrons. The lowest BCUT2D eigenvalue weighted by atomic mass is 9.94. The van der Waals surface area contributed by atoms with Crippen molar-refractivity contribution in [1.82, 2.24) is 24.6 Å². The fourth-order valence-corrected chi connectivity index (χ4v) is 4.06. The van der Waals surface area contributed by atoms with E-state index in [0.29, 0.717) is 37.3 Å². The molecule has 30 heavy (non-hydrogen) atoms. The van der Waals surface area contributed by atoms with Gasteiger partial charge in [-0.2, -0.15) is 5.10 Å². The van der Waals surface area contributed by atoms with Gasteiger partial charge < -0.3 is 9.80 Å². The first-order chi connectivity index (χ1) is 14.4. The first kappa shape index (κ1) is 22.0. The summed E-state index contributed by atoms with van der Waals surface area (Å²) in [5.74, 6) is 1.05. The van der Waals surface area contributed by atoms with Gasteiger partial charge in [0, 0.05) is 38.8 Å². The van der Waals surface area contributed by atoms with Gasteiger partial charge in [0.2, 0.25) is 5.91 Å². The molecule has 2 amide bonds. The van der Waals surface area contributed by atoms with Crippen molar-refractivity contribution in [1.29, 1.82) is 0 Å². The van der Waals surface area contributed by atoms with E-state index in [0.717, 1.165) is 25.1 Å². The molecule has 3 rings (SSSR count). The molecule has 0 unspecified atom stereocenters. The SMILES string of the molecule is CCCCN(C)C(=O)C1CCN(C(=O)c2cnn(-c3ccccn3)c2C(C)C)CC1. The van der Waals surface area contributed by atoms with Gasteiger partial charge in [-0.25, -0.2) is 9.67 Å². The molecule has 1 saturated heterocycles. The van der Waals surface area contributed by atoms with Gasteiger partial charge in [0.15, 0.2) is 5.82 Å². The molecule has 0 atom stereocenters. The molecule has 0 spiro atoms. The number of pyridine rings is 1. The number of amides is 2. The number of hydrogen-bond donors (Lipinski definition) is 0. The zero-order valence-electron chi connectivity index (χ0n) is 18.5. The third kappa shape index (κ3) is 4.71. The van der Waals surface area contributed by atoms with Crippen LogP contribution in [-0.4, -0.2) is 63.1 Å². The maximum absolute atomic E-state index is 13.3. The average molecular weight is 412 g/mol.